The van der Waals surface area contributed by atoms with Gasteiger partial charge in [0.1, 0.15) is 5.71 Å². The number of ketones is 1. The fraction of sp³-hybridized carbons (Fsp3) is 0. The summed E-state index contributed by atoms with van der Waals surface area (Å²) >= 11 is 5.00. The number of hydrazone groups is 1. The van der Waals surface area contributed by atoms with Gasteiger partial charge in [-0.25, -0.2) is 4.79 Å². The number of nitrogens with zero attached hydrogens (tertiary/aromatic N) is 1. The van der Waals surface area contributed by atoms with Gasteiger partial charge in [-0.15, -0.1) is 0 Å². The molecule has 140 valence electrons. The van der Waals surface area contributed by atoms with E-state index in [4.69, 9.17) is 10.9 Å². The topological polar surface area (TPSA) is 92.8 Å². The normalized spacial score (nSPS) is 11.2. The van der Waals surface area contributed by atoms with Crippen LogP contribution in [-0.2, 0) is 0 Å². The molecule has 7 heteroatoms. The van der Waals surface area contributed by atoms with Gasteiger partial charge in [-0.3, -0.25) is 4.79 Å². The van der Waals surface area contributed by atoms with E-state index in [0.717, 1.165) is 14.3 Å². The average Bonchev–Trinajstić information content (AvgIpc) is 2.71. The molecule has 0 bridgehead atoms. The Balaban J connectivity index is 1.77. The molecular weight excluding hydrogens is 440 g/mol. The number of hydrogen-bond acceptors (Lipinski definition) is 5. The fourth-order valence-electron chi connectivity index (χ4n) is 2.48. The van der Waals surface area contributed by atoms with Crippen molar-refractivity contribution in [1.29, 1.82) is 0 Å². The van der Waals surface area contributed by atoms with E-state index in [-0.39, 0.29) is 17.1 Å². The standard InChI is InChI=1S/C21H15BrN2O3S/c22-16-7-11-18(12-8-16)28-17-9-5-14(6-10-17)20(25)19(24-23)13-1-3-15(4-2-13)21(26)27/h1-12H,23H2,(H,26,27). The third-order valence-corrected chi connectivity index (χ3v) is 5.46. The van der Waals surface area contributed by atoms with Crippen molar-refractivity contribution in [3.8, 4) is 0 Å². The summed E-state index contributed by atoms with van der Waals surface area (Å²) in [6, 6.07) is 21.0. The first-order chi connectivity index (χ1) is 13.5. The Morgan fingerprint density at radius 2 is 1.25 bits per heavy atom. The molecule has 0 aliphatic rings. The number of aromatic carboxylic acids is 1. The van der Waals surface area contributed by atoms with Gasteiger partial charge in [0.05, 0.1) is 5.56 Å². The average molecular weight is 455 g/mol. The van der Waals surface area contributed by atoms with E-state index in [1.165, 1.54) is 24.3 Å². The van der Waals surface area contributed by atoms with Gasteiger partial charge in [0.25, 0.3) is 0 Å². The molecule has 0 unspecified atom stereocenters. The lowest BCUT2D eigenvalue weighted by Crippen LogP contribution is -2.18. The summed E-state index contributed by atoms with van der Waals surface area (Å²) in [6.45, 7) is 0. The Morgan fingerprint density at radius 1 is 0.786 bits per heavy atom. The second kappa shape index (κ2) is 8.86. The Labute approximate surface area is 174 Å². The molecule has 0 atom stereocenters. The molecule has 0 aromatic heterocycles. The minimum atomic E-state index is -1.04. The molecule has 0 aliphatic heterocycles. The highest BCUT2D eigenvalue weighted by Crippen LogP contribution is 2.29. The fourth-order valence-corrected chi connectivity index (χ4v) is 3.57. The smallest absolute Gasteiger partial charge is 0.335 e. The Bertz CT molecular complexity index is 1030. The number of Topliss-reactive ketones (excluding diaryl/α,β-unsaturated/α-hetero) is 1. The summed E-state index contributed by atoms with van der Waals surface area (Å²) < 4.78 is 1.02. The predicted molar refractivity (Wildman–Crippen MR) is 113 cm³/mol. The third kappa shape index (κ3) is 4.68. The minimum Gasteiger partial charge on any atom is -0.478 e. The molecule has 3 N–H and O–H groups in total. The molecule has 0 amide bonds. The molecule has 0 spiro atoms. The minimum absolute atomic E-state index is 0.0743. The molecule has 3 aromatic carbocycles. The van der Waals surface area contributed by atoms with Crippen LogP contribution < -0.4 is 5.84 Å². The summed E-state index contributed by atoms with van der Waals surface area (Å²) in [4.78, 5) is 25.8. The van der Waals surface area contributed by atoms with Gasteiger partial charge < -0.3 is 10.9 Å². The molecular formula is C21H15BrN2O3S. The predicted octanol–water partition coefficient (Wildman–Crippen LogP) is 4.84. The molecule has 3 aromatic rings. The number of rotatable bonds is 6. The summed E-state index contributed by atoms with van der Waals surface area (Å²) in [7, 11) is 0. The largest absolute Gasteiger partial charge is 0.478 e. The van der Waals surface area contributed by atoms with Crippen molar-refractivity contribution in [3.63, 3.8) is 0 Å². The summed E-state index contributed by atoms with van der Waals surface area (Å²) in [5.74, 6) is 4.06. The second-order valence-electron chi connectivity index (χ2n) is 5.77. The first-order valence-corrected chi connectivity index (χ1v) is 9.78. The molecule has 0 aliphatic carbocycles. The van der Waals surface area contributed by atoms with Gasteiger partial charge in [0, 0.05) is 25.4 Å². The van der Waals surface area contributed by atoms with Crippen LogP contribution in [0.3, 0.4) is 0 Å². The van der Waals surface area contributed by atoms with Gasteiger partial charge in [-0.2, -0.15) is 5.10 Å². The van der Waals surface area contributed by atoms with Crippen molar-refractivity contribution >= 4 is 45.2 Å². The lowest BCUT2D eigenvalue weighted by molar-refractivity contribution is 0.0696. The number of benzene rings is 3. The Morgan fingerprint density at radius 3 is 1.75 bits per heavy atom. The van der Waals surface area contributed by atoms with Crippen molar-refractivity contribution in [2.45, 2.75) is 9.79 Å². The van der Waals surface area contributed by atoms with E-state index in [1.807, 2.05) is 36.4 Å². The van der Waals surface area contributed by atoms with E-state index in [0.29, 0.717) is 11.1 Å². The van der Waals surface area contributed by atoms with Crippen molar-refractivity contribution in [1.82, 2.24) is 0 Å². The number of hydrogen-bond donors (Lipinski definition) is 2. The summed E-state index contributed by atoms with van der Waals surface area (Å²) in [6.07, 6.45) is 0. The molecule has 0 saturated heterocycles. The van der Waals surface area contributed by atoms with Gasteiger partial charge in [0.15, 0.2) is 0 Å². The maximum absolute atomic E-state index is 12.8. The number of carbonyl (C=O) groups excluding carboxylic acids is 1. The lowest BCUT2D eigenvalue weighted by atomic mass is 10.00. The van der Waals surface area contributed by atoms with Crippen molar-refractivity contribution in [2.75, 3.05) is 0 Å². The van der Waals surface area contributed by atoms with Crippen LogP contribution in [0.4, 0.5) is 0 Å². The van der Waals surface area contributed by atoms with Gasteiger partial charge in [0.2, 0.25) is 5.78 Å². The quantitative estimate of drug-likeness (QED) is 0.240. The Kier molecular flexibility index (Phi) is 6.28. The van der Waals surface area contributed by atoms with Gasteiger partial charge in [-0.1, -0.05) is 39.8 Å². The first kappa shape index (κ1) is 19.9. The highest BCUT2D eigenvalue weighted by atomic mass is 79.9. The van der Waals surface area contributed by atoms with E-state index >= 15 is 0 Å². The van der Waals surface area contributed by atoms with Crippen LogP contribution >= 0.6 is 27.7 Å². The summed E-state index contributed by atoms with van der Waals surface area (Å²) in [5, 5.41) is 12.6. The summed E-state index contributed by atoms with van der Waals surface area (Å²) in [5.41, 5.74) is 1.12. The highest BCUT2D eigenvalue weighted by Gasteiger charge is 2.17. The van der Waals surface area contributed by atoms with Crippen LogP contribution in [0.1, 0.15) is 26.3 Å². The monoisotopic (exact) mass is 454 g/mol. The zero-order valence-electron chi connectivity index (χ0n) is 14.5. The number of carboxylic acids is 1. The number of carboxylic acid groups (broad SMARTS) is 1. The molecule has 0 saturated carbocycles. The first-order valence-electron chi connectivity index (χ1n) is 8.17. The van der Waals surface area contributed by atoms with E-state index in [9.17, 15) is 9.59 Å². The van der Waals surface area contributed by atoms with Crippen LogP contribution in [0.15, 0.2) is 92.2 Å². The van der Waals surface area contributed by atoms with Crippen molar-refractivity contribution in [2.24, 2.45) is 10.9 Å². The van der Waals surface area contributed by atoms with Crippen LogP contribution in [0.2, 0.25) is 0 Å². The van der Waals surface area contributed by atoms with E-state index in [2.05, 4.69) is 21.0 Å². The third-order valence-electron chi connectivity index (χ3n) is 3.92. The molecule has 0 radical (unpaired) electrons. The highest BCUT2D eigenvalue weighted by molar-refractivity contribution is 9.10. The zero-order chi connectivity index (χ0) is 20.1. The number of carbonyl (C=O) groups is 2. The maximum Gasteiger partial charge on any atom is 0.335 e. The Hall–Kier alpha value is -2.90. The molecule has 3 rings (SSSR count). The van der Waals surface area contributed by atoms with Crippen molar-refractivity contribution in [3.05, 3.63) is 94.0 Å². The number of halogens is 1. The van der Waals surface area contributed by atoms with Crippen LogP contribution in [0, 0.1) is 0 Å². The van der Waals surface area contributed by atoms with Crippen molar-refractivity contribution < 1.29 is 14.7 Å². The molecule has 0 fully saturated rings. The lowest BCUT2D eigenvalue weighted by Gasteiger charge is -2.07. The second-order valence-corrected chi connectivity index (χ2v) is 7.83. The molecule has 0 heterocycles. The zero-order valence-corrected chi connectivity index (χ0v) is 16.9. The molecule has 28 heavy (non-hydrogen) atoms. The SMILES string of the molecule is NN=C(C(=O)c1ccc(Sc2ccc(Br)cc2)cc1)c1ccc(C(=O)O)cc1. The maximum atomic E-state index is 12.8. The van der Waals surface area contributed by atoms with E-state index < -0.39 is 5.97 Å². The van der Waals surface area contributed by atoms with Crippen LogP contribution in [-0.4, -0.2) is 22.6 Å². The number of nitrogens with two attached hydrogens (primary N) is 1. The van der Waals surface area contributed by atoms with Crippen LogP contribution in [0.25, 0.3) is 0 Å². The van der Waals surface area contributed by atoms with E-state index in [1.54, 1.807) is 23.9 Å². The van der Waals surface area contributed by atoms with Gasteiger partial charge >= 0.3 is 5.97 Å². The van der Waals surface area contributed by atoms with Gasteiger partial charge in [-0.05, 0) is 60.7 Å². The van der Waals surface area contributed by atoms with Crippen LogP contribution in [0.5, 0.6) is 0 Å². The molecule has 5 nitrogen and oxygen atoms in total.